The van der Waals surface area contributed by atoms with E-state index in [1.165, 1.54) is 17.5 Å². The number of hydrogen-bond donors (Lipinski definition) is 0. The summed E-state index contributed by atoms with van der Waals surface area (Å²) in [5, 5.41) is 4.40. The number of likely N-dealkylation sites (tertiary alicyclic amines) is 1. The first-order valence-electron chi connectivity index (χ1n) is 8.92. The van der Waals surface area contributed by atoms with Gasteiger partial charge in [-0.05, 0) is 55.7 Å². The number of hydrogen-bond acceptors (Lipinski definition) is 3. The second-order valence-corrected chi connectivity index (χ2v) is 7.16. The Balaban J connectivity index is 1.44. The average Bonchev–Trinajstić information content (AvgIpc) is 3.32. The highest BCUT2D eigenvalue weighted by Gasteiger charge is 2.47. The van der Waals surface area contributed by atoms with Gasteiger partial charge in [-0.3, -0.25) is 14.5 Å². The van der Waals surface area contributed by atoms with Gasteiger partial charge in [-0.15, -0.1) is 0 Å². The van der Waals surface area contributed by atoms with E-state index in [-0.39, 0.29) is 12.0 Å². The third-order valence-electron chi connectivity index (χ3n) is 5.29. The maximum absolute atomic E-state index is 13.0. The Kier molecular flexibility index (Phi) is 4.08. The summed E-state index contributed by atoms with van der Waals surface area (Å²) in [6, 6.07) is 4.32. The molecule has 3 atom stereocenters. The van der Waals surface area contributed by atoms with Crippen molar-refractivity contribution in [2.24, 2.45) is 5.92 Å². The normalized spacial score (nSPS) is 26.4. The molecule has 2 fully saturated rings. The van der Waals surface area contributed by atoms with Crippen LogP contribution in [0.3, 0.4) is 0 Å². The molecule has 2 aromatic rings. The minimum Gasteiger partial charge on any atom is -0.338 e. The molecule has 3 heterocycles. The lowest BCUT2D eigenvalue weighted by Crippen LogP contribution is -2.46. The van der Waals surface area contributed by atoms with Crippen LogP contribution in [0.5, 0.6) is 0 Å². The van der Waals surface area contributed by atoms with Crippen molar-refractivity contribution in [2.75, 3.05) is 6.54 Å². The number of rotatable bonds is 4. The number of carbonyl (C=O) groups is 1. The number of carbonyl (C=O) groups excluding carboxylic acids is 1. The summed E-state index contributed by atoms with van der Waals surface area (Å²) >= 11 is 0. The van der Waals surface area contributed by atoms with Crippen LogP contribution in [-0.2, 0) is 11.3 Å². The summed E-state index contributed by atoms with van der Waals surface area (Å²) < 4.78 is 1.98. The zero-order valence-electron chi connectivity index (χ0n) is 14.1. The highest BCUT2D eigenvalue weighted by Crippen LogP contribution is 2.48. The fourth-order valence-corrected chi connectivity index (χ4v) is 3.91. The van der Waals surface area contributed by atoms with E-state index >= 15 is 0 Å². The van der Waals surface area contributed by atoms with Crippen LogP contribution in [0.2, 0.25) is 0 Å². The Morgan fingerprint density at radius 2 is 2.25 bits per heavy atom. The number of aromatic nitrogens is 3. The van der Waals surface area contributed by atoms with Crippen molar-refractivity contribution in [3.63, 3.8) is 0 Å². The molecule has 5 nitrogen and oxygen atoms in total. The predicted octanol–water partition coefficient (Wildman–Crippen LogP) is 2.77. The SMILES string of the molecule is Cc1cnn(C[C@@H]2CCCCN2C(=O)[C@H]2C[C@H]2c2cccnc2)c1. The Labute approximate surface area is 142 Å². The molecule has 0 spiro atoms. The van der Waals surface area contributed by atoms with E-state index in [1.54, 1.807) is 6.20 Å². The predicted molar refractivity (Wildman–Crippen MR) is 91.4 cm³/mol. The van der Waals surface area contributed by atoms with Gasteiger partial charge in [-0.2, -0.15) is 5.10 Å². The van der Waals surface area contributed by atoms with E-state index in [0.717, 1.165) is 32.4 Å². The molecule has 0 bridgehead atoms. The van der Waals surface area contributed by atoms with Crippen molar-refractivity contribution in [1.29, 1.82) is 0 Å². The molecular formula is C19H24N4O. The van der Waals surface area contributed by atoms with E-state index in [2.05, 4.69) is 34.2 Å². The molecule has 1 aliphatic carbocycles. The van der Waals surface area contributed by atoms with Crippen molar-refractivity contribution in [3.05, 3.63) is 48.0 Å². The topological polar surface area (TPSA) is 51.0 Å². The molecule has 1 amide bonds. The first-order valence-corrected chi connectivity index (χ1v) is 8.92. The van der Waals surface area contributed by atoms with Gasteiger partial charge in [-0.25, -0.2) is 0 Å². The second kappa shape index (κ2) is 6.38. The van der Waals surface area contributed by atoms with E-state index in [9.17, 15) is 4.79 Å². The van der Waals surface area contributed by atoms with Crippen LogP contribution in [0.15, 0.2) is 36.9 Å². The van der Waals surface area contributed by atoms with Crippen molar-refractivity contribution in [3.8, 4) is 0 Å². The molecule has 24 heavy (non-hydrogen) atoms. The smallest absolute Gasteiger partial charge is 0.226 e. The van der Waals surface area contributed by atoms with E-state index < -0.39 is 0 Å². The minimum atomic E-state index is 0.147. The Hall–Kier alpha value is -2.17. The molecule has 1 aliphatic heterocycles. The summed E-state index contributed by atoms with van der Waals surface area (Å²) in [7, 11) is 0. The van der Waals surface area contributed by atoms with E-state index in [0.29, 0.717) is 11.8 Å². The molecule has 5 heteroatoms. The highest BCUT2D eigenvalue weighted by molar-refractivity contribution is 5.83. The van der Waals surface area contributed by atoms with E-state index in [4.69, 9.17) is 0 Å². The monoisotopic (exact) mass is 324 g/mol. The van der Waals surface area contributed by atoms with Gasteiger partial charge >= 0.3 is 0 Å². The summed E-state index contributed by atoms with van der Waals surface area (Å²) in [6.45, 7) is 3.75. The maximum Gasteiger partial charge on any atom is 0.226 e. The van der Waals surface area contributed by atoms with Gasteiger partial charge < -0.3 is 4.90 Å². The average molecular weight is 324 g/mol. The Morgan fingerprint density at radius 3 is 3.00 bits per heavy atom. The number of nitrogens with zero attached hydrogens (tertiary/aromatic N) is 4. The molecule has 4 rings (SSSR count). The molecule has 1 saturated heterocycles. The zero-order valence-corrected chi connectivity index (χ0v) is 14.1. The fourth-order valence-electron chi connectivity index (χ4n) is 3.91. The summed E-state index contributed by atoms with van der Waals surface area (Å²) in [4.78, 5) is 19.3. The van der Waals surface area contributed by atoms with Crippen molar-refractivity contribution in [2.45, 2.75) is 51.1 Å². The van der Waals surface area contributed by atoms with Crippen LogP contribution in [0, 0.1) is 12.8 Å². The molecule has 0 unspecified atom stereocenters. The van der Waals surface area contributed by atoms with Crippen LogP contribution in [0.4, 0.5) is 0 Å². The second-order valence-electron chi connectivity index (χ2n) is 7.16. The third-order valence-corrected chi connectivity index (χ3v) is 5.29. The van der Waals surface area contributed by atoms with Gasteiger partial charge in [0.05, 0.1) is 18.8 Å². The maximum atomic E-state index is 13.0. The lowest BCUT2D eigenvalue weighted by atomic mass is 10.0. The third kappa shape index (κ3) is 3.07. The molecule has 0 N–H and O–H groups in total. The summed E-state index contributed by atoms with van der Waals surface area (Å²) in [5.74, 6) is 0.840. The zero-order chi connectivity index (χ0) is 16.5. The lowest BCUT2D eigenvalue weighted by molar-refractivity contribution is -0.136. The van der Waals surface area contributed by atoms with Crippen molar-refractivity contribution >= 4 is 5.91 Å². The fraction of sp³-hybridized carbons (Fsp3) is 0.526. The largest absolute Gasteiger partial charge is 0.338 e. The summed E-state index contributed by atoms with van der Waals surface area (Å²) in [6.07, 6.45) is 12.0. The number of amides is 1. The Morgan fingerprint density at radius 1 is 1.33 bits per heavy atom. The van der Waals surface area contributed by atoms with Crippen molar-refractivity contribution < 1.29 is 4.79 Å². The molecule has 0 aromatic carbocycles. The van der Waals surface area contributed by atoms with Crippen LogP contribution >= 0.6 is 0 Å². The molecule has 126 valence electrons. The molecular weight excluding hydrogens is 300 g/mol. The standard InChI is InChI=1S/C19H24N4O/c1-14-10-21-22(12-14)13-16-6-2-3-8-23(16)19(24)18-9-17(18)15-5-4-7-20-11-15/h4-5,7,10-12,16-18H,2-3,6,8-9,13H2,1H3/t16-,17-,18-/m0/s1. The van der Waals surface area contributed by atoms with Crippen LogP contribution < -0.4 is 0 Å². The molecule has 0 radical (unpaired) electrons. The van der Waals surface area contributed by atoms with Crippen LogP contribution in [0.25, 0.3) is 0 Å². The first kappa shape index (κ1) is 15.4. The van der Waals surface area contributed by atoms with Gasteiger partial charge in [0.15, 0.2) is 0 Å². The van der Waals surface area contributed by atoms with Crippen LogP contribution in [-0.4, -0.2) is 38.2 Å². The Bertz CT molecular complexity index is 711. The lowest BCUT2D eigenvalue weighted by Gasteiger charge is -2.36. The van der Waals surface area contributed by atoms with Crippen molar-refractivity contribution in [1.82, 2.24) is 19.7 Å². The molecule has 2 aromatic heterocycles. The molecule has 2 aliphatic rings. The number of piperidine rings is 1. The minimum absolute atomic E-state index is 0.147. The van der Waals surface area contributed by atoms with E-state index in [1.807, 2.05) is 23.1 Å². The molecule has 1 saturated carbocycles. The van der Waals surface area contributed by atoms with Gasteiger partial charge in [0.1, 0.15) is 0 Å². The van der Waals surface area contributed by atoms with Gasteiger partial charge in [0.2, 0.25) is 5.91 Å². The quantitative estimate of drug-likeness (QED) is 0.869. The number of aryl methyl sites for hydroxylation is 1. The highest BCUT2D eigenvalue weighted by atomic mass is 16.2. The van der Waals surface area contributed by atoms with Gasteiger partial charge in [-0.1, -0.05) is 6.07 Å². The number of pyridine rings is 1. The van der Waals surface area contributed by atoms with Gasteiger partial charge in [0.25, 0.3) is 0 Å². The first-order chi connectivity index (χ1) is 11.7. The van der Waals surface area contributed by atoms with Crippen LogP contribution in [0.1, 0.15) is 42.7 Å². The summed E-state index contributed by atoms with van der Waals surface area (Å²) in [5.41, 5.74) is 2.37. The van der Waals surface area contributed by atoms with Gasteiger partial charge in [0, 0.05) is 31.1 Å².